The second-order valence-electron chi connectivity index (χ2n) is 5.15. The lowest BCUT2D eigenvalue weighted by Gasteiger charge is -2.14. The molecular formula is C16H18N6O4. The highest BCUT2D eigenvalue weighted by Crippen LogP contribution is 2.28. The minimum absolute atomic E-state index is 0.0288. The van der Waals surface area contributed by atoms with E-state index in [1.807, 2.05) is 0 Å². The number of carbonyl (C=O) groups is 1. The first-order valence-corrected chi connectivity index (χ1v) is 7.48. The average molecular weight is 358 g/mol. The molecule has 0 saturated carbocycles. The van der Waals surface area contributed by atoms with E-state index in [4.69, 9.17) is 16.3 Å². The van der Waals surface area contributed by atoms with Crippen molar-refractivity contribution in [3.05, 3.63) is 64.5 Å². The van der Waals surface area contributed by atoms with E-state index in [0.29, 0.717) is 5.69 Å². The maximum absolute atomic E-state index is 11.2. The van der Waals surface area contributed by atoms with Crippen molar-refractivity contribution in [3.63, 3.8) is 0 Å². The molecule has 0 aliphatic carbocycles. The summed E-state index contributed by atoms with van der Waals surface area (Å²) in [5, 5.41) is 15.2. The number of nitrogens with zero attached hydrogens (tertiary/aromatic N) is 3. The number of ether oxygens (including phenoxy) is 1. The summed E-state index contributed by atoms with van der Waals surface area (Å²) >= 11 is 0. The van der Waals surface area contributed by atoms with Gasteiger partial charge in [-0.3, -0.25) is 19.9 Å². The first-order chi connectivity index (χ1) is 12.4. The number of nitro groups is 1. The van der Waals surface area contributed by atoms with E-state index < -0.39 is 4.92 Å². The topological polar surface area (TPSA) is 150 Å². The summed E-state index contributed by atoms with van der Waals surface area (Å²) in [6.45, 7) is 1.48. The van der Waals surface area contributed by atoms with Crippen LogP contribution in [-0.2, 0) is 16.1 Å². The molecule has 10 heteroatoms. The summed E-state index contributed by atoms with van der Waals surface area (Å²) in [6, 6.07) is 9.55. The number of anilines is 3. The number of pyridine rings is 1. The zero-order valence-corrected chi connectivity index (χ0v) is 14.0. The molecule has 0 bridgehead atoms. The Bertz CT molecular complexity index is 822. The Morgan fingerprint density at radius 3 is 2.62 bits per heavy atom. The molecule has 0 amide bonds. The molecule has 0 aliphatic rings. The fraction of sp³-hybridized carbons (Fsp3) is 0.125. The molecule has 0 aliphatic heterocycles. The summed E-state index contributed by atoms with van der Waals surface area (Å²) in [6.07, 6.45) is 2.58. The van der Waals surface area contributed by atoms with Gasteiger partial charge in [0.15, 0.2) is 0 Å². The third-order valence-electron chi connectivity index (χ3n) is 3.23. The number of nitrogens with two attached hydrogens (primary N) is 2. The van der Waals surface area contributed by atoms with Crippen molar-refractivity contribution in [2.45, 2.75) is 13.5 Å². The molecule has 1 aromatic heterocycles. The van der Waals surface area contributed by atoms with Crippen molar-refractivity contribution >= 4 is 29.0 Å². The molecule has 0 radical (unpaired) electrons. The zero-order valence-electron chi connectivity index (χ0n) is 14.0. The van der Waals surface area contributed by atoms with Gasteiger partial charge in [0.1, 0.15) is 12.4 Å². The Morgan fingerprint density at radius 1 is 1.35 bits per heavy atom. The van der Waals surface area contributed by atoms with Crippen LogP contribution in [0.25, 0.3) is 0 Å². The Morgan fingerprint density at radius 2 is 2.04 bits per heavy atom. The highest BCUT2D eigenvalue weighted by atomic mass is 16.6. The number of nitrogens with one attached hydrogen (secondary N) is 1. The predicted molar refractivity (Wildman–Crippen MR) is 96.1 cm³/mol. The van der Waals surface area contributed by atoms with Crippen LogP contribution in [0.4, 0.5) is 23.0 Å². The van der Waals surface area contributed by atoms with Crippen molar-refractivity contribution in [3.8, 4) is 0 Å². The van der Waals surface area contributed by atoms with Crippen molar-refractivity contribution in [2.24, 2.45) is 11.6 Å². The lowest BCUT2D eigenvalue weighted by molar-refractivity contribution is -0.384. The van der Waals surface area contributed by atoms with Gasteiger partial charge in [-0.05, 0) is 23.8 Å². The summed E-state index contributed by atoms with van der Waals surface area (Å²) in [5.74, 6) is 5.66. The van der Waals surface area contributed by atoms with Gasteiger partial charge in [-0.1, -0.05) is 12.1 Å². The number of benzene rings is 1. The molecule has 2 aromatic rings. The lowest BCUT2D eigenvalue weighted by Crippen LogP contribution is -2.25. The quantitative estimate of drug-likeness (QED) is 0.292. The second kappa shape index (κ2) is 8.44. The van der Waals surface area contributed by atoms with E-state index in [0.717, 1.165) is 10.6 Å². The Balaban J connectivity index is 2.24. The summed E-state index contributed by atoms with van der Waals surface area (Å²) in [7, 11) is 0. The molecule has 0 unspecified atom stereocenters. The second-order valence-corrected chi connectivity index (χ2v) is 5.15. The highest BCUT2D eigenvalue weighted by molar-refractivity contribution is 5.68. The standard InChI is InChI=1S/C16H18N6O4/c1-11(23)26-10-12-2-4-13(5-3-12)19-16-14(22(24)25)6-7-15(20-16)21(18)9-8-17/h2-9H,10,17-18H2,1H3,(H,19,20)/b9-8-. The van der Waals surface area contributed by atoms with Crippen LogP contribution in [-0.4, -0.2) is 15.9 Å². The monoisotopic (exact) mass is 358 g/mol. The average Bonchev–Trinajstić information content (AvgIpc) is 2.61. The third kappa shape index (κ3) is 4.92. The molecule has 1 heterocycles. The van der Waals surface area contributed by atoms with Crippen LogP contribution < -0.4 is 21.9 Å². The van der Waals surface area contributed by atoms with E-state index in [2.05, 4.69) is 10.3 Å². The van der Waals surface area contributed by atoms with E-state index in [9.17, 15) is 14.9 Å². The van der Waals surface area contributed by atoms with E-state index in [-0.39, 0.29) is 29.9 Å². The molecule has 0 saturated heterocycles. The van der Waals surface area contributed by atoms with Crippen molar-refractivity contribution in [2.75, 3.05) is 10.3 Å². The van der Waals surface area contributed by atoms with Gasteiger partial charge in [0.05, 0.1) is 4.92 Å². The van der Waals surface area contributed by atoms with E-state index >= 15 is 0 Å². The minimum Gasteiger partial charge on any atom is -0.461 e. The predicted octanol–water partition coefficient (Wildman–Crippen LogP) is 1.91. The zero-order chi connectivity index (χ0) is 19.1. The van der Waals surface area contributed by atoms with Crippen LogP contribution >= 0.6 is 0 Å². The Kier molecular flexibility index (Phi) is 6.06. The fourth-order valence-electron chi connectivity index (χ4n) is 2.00. The van der Waals surface area contributed by atoms with Crippen molar-refractivity contribution in [1.82, 2.24) is 4.98 Å². The van der Waals surface area contributed by atoms with E-state index in [1.165, 1.54) is 31.5 Å². The van der Waals surface area contributed by atoms with Gasteiger partial charge in [0, 0.05) is 31.1 Å². The summed E-state index contributed by atoms with van der Waals surface area (Å²) in [5.41, 5.74) is 6.43. The highest BCUT2D eigenvalue weighted by Gasteiger charge is 2.17. The molecular weight excluding hydrogens is 340 g/mol. The molecule has 5 N–H and O–H groups in total. The molecule has 136 valence electrons. The van der Waals surface area contributed by atoms with Gasteiger partial charge in [-0.25, -0.2) is 10.8 Å². The SMILES string of the molecule is CC(=O)OCc1ccc(Nc2nc(N(N)/C=C\N)ccc2[N+](=O)[O-])cc1. The van der Waals surface area contributed by atoms with Gasteiger partial charge in [0.2, 0.25) is 5.82 Å². The minimum atomic E-state index is -0.548. The van der Waals surface area contributed by atoms with Gasteiger partial charge in [0.25, 0.3) is 0 Å². The van der Waals surface area contributed by atoms with Crippen LogP contribution in [0.15, 0.2) is 48.8 Å². The molecule has 2 rings (SSSR count). The van der Waals surface area contributed by atoms with Crippen LogP contribution in [0.2, 0.25) is 0 Å². The van der Waals surface area contributed by atoms with Crippen molar-refractivity contribution in [1.29, 1.82) is 0 Å². The van der Waals surface area contributed by atoms with Crippen LogP contribution in [0, 0.1) is 10.1 Å². The first-order valence-electron chi connectivity index (χ1n) is 7.48. The number of esters is 1. The third-order valence-corrected chi connectivity index (χ3v) is 3.23. The molecule has 0 fully saturated rings. The molecule has 10 nitrogen and oxygen atoms in total. The van der Waals surface area contributed by atoms with E-state index in [1.54, 1.807) is 24.3 Å². The van der Waals surface area contributed by atoms with Gasteiger partial charge < -0.3 is 15.8 Å². The van der Waals surface area contributed by atoms with Crippen LogP contribution in [0.1, 0.15) is 12.5 Å². The normalized spacial score (nSPS) is 10.5. The smallest absolute Gasteiger partial charge is 0.311 e. The number of hydrazine groups is 1. The molecule has 0 spiro atoms. The largest absolute Gasteiger partial charge is 0.461 e. The van der Waals surface area contributed by atoms with Crippen LogP contribution in [0.3, 0.4) is 0 Å². The van der Waals surface area contributed by atoms with Gasteiger partial charge >= 0.3 is 11.7 Å². The maximum Gasteiger partial charge on any atom is 0.311 e. The molecule has 1 aromatic carbocycles. The molecule has 0 atom stereocenters. The summed E-state index contributed by atoms with van der Waals surface area (Å²) in [4.78, 5) is 25.7. The lowest BCUT2D eigenvalue weighted by atomic mass is 10.2. The number of carbonyl (C=O) groups excluding carboxylic acids is 1. The Hall–Kier alpha value is -3.66. The Labute approximate surface area is 149 Å². The van der Waals surface area contributed by atoms with Crippen molar-refractivity contribution < 1.29 is 14.5 Å². The number of hydrogen-bond donors (Lipinski definition) is 3. The number of rotatable bonds is 7. The number of hydrogen-bond acceptors (Lipinski definition) is 9. The van der Waals surface area contributed by atoms with Crippen LogP contribution in [0.5, 0.6) is 0 Å². The number of aromatic nitrogens is 1. The first kappa shape index (κ1) is 18.7. The summed E-state index contributed by atoms with van der Waals surface area (Å²) < 4.78 is 4.90. The molecule has 26 heavy (non-hydrogen) atoms. The van der Waals surface area contributed by atoms with Gasteiger partial charge in [-0.15, -0.1) is 0 Å². The van der Waals surface area contributed by atoms with Gasteiger partial charge in [-0.2, -0.15) is 0 Å². The maximum atomic E-state index is 11.2. The fourth-order valence-corrected chi connectivity index (χ4v) is 2.00.